The molecule has 2 heterocycles. The molecular formula is C26H22F6N4O3. The third-order valence-electron chi connectivity index (χ3n) is 5.91. The highest BCUT2D eigenvalue weighted by molar-refractivity contribution is 5.64. The number of nitrogens with zero attached hydrogens (tertiary/aromatic N) is 4. The minimum atomic E-state index is -4.28. The van der Waals surface area contributed by atoms with E-state index in [9.17, 15) is 31.4 Å². The molecule has 2 aromatic carbocycles. The number of halogens is 6. The summed E-state index contributed by atoms with van der Waals surface area (Å²) in [5.74, 6) is -6.06. The second-order valence-electron chi connectivity index (χ2n) is 8.66. The third kappa shape index (κ3) is 6.48. The first-order valence-electron chi connectivity index (χ1n) is 11.5. The van der Waals surface area contributed by atoms with Crippen molar-refractivity contribution in [1.82, 2.24) is 19.7 Å². The first-order chi connectivity index (χ1) is 18.5. The van der Waals surface area contributed by atoms with E-state index in [1.54, 1.807) is 6.07 Å². The molecule has 206 valence electrons. The Morgan fingerprint density at radius 1 is 1.00 bits per heavy atom. The Balaban J connectivity index is 1.54. The average Bonchev–Trinajstić information content (AvgIpc) is 3.40. The molecule has 4 rings (SSSR count). The minimum absolute atomic E-state index is 0.0299. The fourth-order valence-corrected chi connectivity index (χ4v) is 3.75. The Morgan fingerprint density at radius 3 is 2.38 bits per heavy atom. The highest BCUT2D eigenvalue weighted by atomic mass is 19.3. The third-order valence-corrected chi connectivity index (χ3v) is 5.91. The maximum Gasteiger partial charge on any atom is 0.340 e. The monoisotopic (exact) mass is 552 g/mol. The van der Waals surface area contributed by atoms with Crippen LogP contribution in [0.2, 0.25) is 0 Å². The van der Waals surface area contributed by atoms with Crippen LogP contribution in [0, 0.1) is 11.6 Å². The minimum Gasteiger partial charge on any atom is -0.487 e. The van der Waals surface area contributed by atoms with Crippen molar-refractivity contribution in [3.05, 3.63) is 90.6 Å². The van der Waals surface area contributed by atoms with E-state index in [2.05, 4.69) is 15.1 Å². The highest BCUT2D eigenvalue weighted by Crippen LogP contribution is 2.33. The van der Waals surface area contributed by atoms with Crippen molar-refractivity contribution >= 4 is 0 Å². The first kappa shape index (κ1) is 27.9. The van der Waals surface area contributed by atoms with Gasteiger partial charge in [0.05, 0.1) is 6.54 Å². The van der Waals surface area contributed by atoms with Crippen LogP contribution < -0.4 is 9.47 Å². The van der Waals surface area contributed by atoms with Gasteiger partial charge in [-0.15, -0.1) is 0 Å². The van der Waals surface area contributed by atoms with Gasteiger partial charge in [-0.1, -0.05) is 18.2 Å². The largest absolute Gasteiger partial charge is 0.487 e. The molecule has 13 heteroatoms. The van der Waals surface area contributed by atoms with E-state index in [4.69, 9.17) is 9.47 Å². The number of aromatic nitrogens is 4. The van der Waals surface area contributed by atoms with Crippen molar-refractivity contribution < 1.29 is 40.9 Å². The van der Waals surface area contributed by atoms with E-state index in [1.165, 1.54) is 60.8 Å². The fraction of sp³-hybridized carbons (Fsp3) is 0.269. The smallest absolute Gasteiger partial charge is 0.340 e. The van der Waals surface area contributed by atoms with Gasteiger partial charge >= 0.3 is 12.3 Å². The van der Waals surface area contributed by atoms with Crippen LogP contribution >= 0.6 is 0 Å². The topological polar surface area (TPSA) is 82.3 Å². The molecule has 2 atom stereocenters. The molecule has 0 amide bonds. The van der Waals surface area contributed by atoms with Crippen molar-refractivity contribution in [2.45, 2.75) is 37.5 Å². The lowest BCUT2D eigenvalue weighted by Gasteiger charge is -2.34. The van der Waals surface area contributed by atoms with Gasteiger partial charge in [0.1, 0.15) is 41.7 Å². The standard InChI is InChI=1S/C26H22F6N4O3/c1-16(25(37,12-36-15-33-14-35-36)21-7-4-19(27)11-22(21)28)39-23-10-18(8-9-34-23)17-2-5-20(6-3-17)38-13-26(31,32)24(29)30/h2-11,14-16,24,37H,12-13H2,1H3/t16-,25-/m1/s1. The van der Waals surface area contributed by atoms with Crippen molar-refractivity contribution in [3.63, 3.8) is 0 Å². The number of alkyl halides is 4. The fourth-order valence-electron chi connectivity index (χ4n) is 3.75. The second-order valence-corrected chi connectivity index (χ2v) is 8.66. The van der Waals surface area contributed by atoms with Crippen molar-refractivity contribution in [3.8, 4) is 22.8 Å². The Bertz CT molecular complexity index is 1390. The summed E-state index contributed by atoms with van der Waals surface area (Å²) in [6.07, 6.45) is -1.00. The molecule has 0 aliphatic heterocycles. The van der Waals surface area contributed by atoms with Crippen LogP contribution in [0.15, 0.2) is 73.4 Å². The molecule has 4 aromatic rings. The van der Waals surface area contributed by atoms with Gasteiger partial charge in [-0.3, -0.25) is 0 Å². The summed E-state index contributed by atoms with van der Waals surface area (Å²) in [6.45, 7) is -0.265. The average molecular weight is 552 g/mol. The Labute approximate surface area is 218 Å². The highest BCUT2D eigenvalue weighted by Gasteiger charge is 2.42. The predicted octanol–water partition coefficient (Wildman–Crippen LogP) is 5.25. The number of pyridine rings is 1. The summed E-state index contributed by atoms with van der Waals surface area (Å²) in [6, 6.07) is 11.7. The van der Waals surface area contributed by atoms with Gasteiger partial charge in [0.2, 0.25) is 5.88 Å². The summed E-state index contributed by atoms with van der Waals surface area (Å²) in [7, 11) is 0. The molecule has 39 heavy (non-hydrogen) atoms. The lowest BCUT2D eigenvalue weighted by molar-refractivity contribution is -0.148. The molecular weight excluding hydrogens is 530 g/mol. The van der Waals surface area contributed by atoms with E-state index in [0.29, 0.717) is 17.2 Å². The second kappa shape index (κ2) is 11.3. The van der Waals surface area contributed by atoms with Gasteiger partial charge < -0.3 is 14.6 Å². The van der Waals surface area contributed by atoms with Gasteiger partial charge in [0.15, 0.2) is 6.61 Å². The number of hydrogen-bond acceptors (Lipinski definition) is 6. The van der Waals surface area contributed by atoms with Crippen molar-refractivity contribution in [2.24, 2.45) is 0 Å². The van der Waals surface area contributed by atoms with Gasteiger partial charge in [-0.25, -0.2) is 32.2 Å². The predicted molar refractivity (Wildman–Crippen MR) is 126 cm³/mol. The Kier molecular flexibility index (Phi) is 8.09. The molecule has 0 fully saturated rings. The molecule has 1 N–H and O–H groups in total. The van der Waals surface area contributed by atoms with Crippen LogP contribution in [-0.2, 0) is 12.1 Å². The molecule has 2 aromatic heterocycles. The maximum absolute atomic E-state index is 14.7. The zero-order valence-corrected chi connectivity index (χ0v) is 20.3. The normalized spacial score (nSPS) is 14.2. The SMILES string of the molecule is C[C@@H](Oc1cc(-c2ccc(OCC(F)(F)C(F)F)cc2)ccn1)[C@](O)(Cn1cncn1)c1ccc(F)cc1F. The number of benzene rings is 2. The van der Waals surface area contributed by atoms with Gasteiger partial charge in [-0.05, 0) is 42.3 Å². The summed E-state index contributed by atoms with van der Waals surface area (Å²) in [5, 5.41) is 15.5. The van der Waals surface area contributed by atoms with Crippen LogP contribution in [0.5, 0.6) is 11.6 Å². The number of aliphatic hydroxyl groups is 1. The van der Waals surface area contributed by atoms with Crippen LogP contribution in [0.3, 0.4) is 0 Å². The van der Waals surface area contributed by atoms with Gasteiger partial charge in [-0.2, -0.15) is 13.9 Å². The summed E-state index contributed by atoms with van der Waals surface area (Å²) in [5.41, 5.74) is -1.09. The Hall–Kier alpha value is -4.13. The summed E-state index contributed by atoms with van der Waals surface area (Å²) >= 11 is 0. The summed E-state index contributed by atoms with van der Waals surface area (Å²) < 4.78 is 91.1. The number of hydrogen-bond donors (Lipinski definition) is 1. The number of rotatable bonds is 11. The zero-order valence-electron chi connectivity index (χ0n) is 20.3. The van der Waals surface area contributed by atoms with Crippen LogP contribution in [0.25, 0.3) is 11.1 Å². The molecule has 0 unspecified atom stereocenters. The quantitative estimate of drug-likeness (QED) is 0.256. The molecule has 0 aliphatic rings. The maximum atomic E-state index is 14.7. The number of ether oxygens (including phenoxy) is 2. The molecule has 0 aliphatic carbocycles. The van der Waals surface area contributed by atoms with Crippen molar-refractivity contribution in [2.75, 3.05) is 6.61 Å². The van der Waals surface area contributed by atoms with E-state index in [-0.39, 0.29) is 23.7 Å². The van der Waals surface area contributed by atoms with Crippen molar-refractivity contribution in [1.29, 1.82) is 0 Å². The van der Waals surface area contributed by atoms with Gasteiger partial charge in [0.25, 0.3) is 0 Å². The Morgan fingerprint density at radius 2 is 1.74 bits per heavy atom. The van der Waals surface area contributed by atoms with Crippen LogP contribution in [0.1, 0.15) is 12.5 Å². The van der Waals surface area contributed by atoms with E-state index in [0.717, 1.165) is 12.1 Å². The molecule has 0 saturated heterocycles. The molecule has 0 bridgehead atoms. The van der Waals surface area contributed by atoms with E-state index in [1.807, 2.05) is 0 Å². The lowest BCUT2D eigenvalue weighted by Crippen LogP contribution is -2.45. The summed E-state index contributed by atoms with van der Waals surface area (Å²) in [4.78, 5) is 7.95. The van der Waals surface area contributed by atoms with Gasteiger partial charge in [0, 0.05) is 23.9 Å². The molecule has 0 radical (unpaired) electrons. The van der Waals surface area contributed by atoms with E-state index < -0.39 is 42.3 Å². The first-order valence-corrected chi connectivity index (χ1v) is 11.5. The molecule has 7 nitrogen and oxygen atoms in total. The zero-order chi connectivity index (χ0) is 28.2. The molecule has 0 spiro atoms. The molecule has 0 saturated carbocycles. The van der Waals surface area contributed by atoms with Crippen LogP contribution in [-0.4, -0.2) is 49.9 Å². The van der Waals surface area contributed by atoms with E-state index >= 15 is 0 Å². The van der Waals surface area contributed by atoms with Crippen LogP contribution in [0.4, 0.5) is 26.3 Å². The lowest BCUT2D eigenvalue weighted by atomic mass is 9.88.